The second-order valence-electron chi connectivity index (χ2n) is 3.82. The standard InChI is InChI=1S/C11H13BrFN/c1-7-2-3-8(11(13)10(7)12)6-14-9-4-5-9/h2-3,9,14H,4-6H2,1H3. The number of halogens is 2. The van der Waals surface area contributed by atoms with E-state index in [-0.39, 0.29) is 5.82 Å². The fourth-order valence-corrected chi connectivity index (χ4v) is 1.75. The zero-order valence-electron chi connectivity index (χ0n) is 8.11. The molecule has 1 aromatic rings. The first-order valence-corrected chi connectivity index (χ1v) is 5.64. The molecule has 0 aromatic heterocycles. The largest absolute Gasteiger partial charge is 0.310 e. The Labute approximate surface area is 91.8 Å². The molecule has 0 amide bonds. The highest BCUT2D eigenvalue weighted by molar-refractivity contribution is 9.10. The van der Waals surface area contributed by atoms with Gasteiger partial charge in [-0.3, -0.25) is 0 Å². The molecule has 3 heteroatoms. The predicted molar refractivity (Wildman–Crippen MR) is 58.7 cm³/mol. The van der Waals surface area contributed by atoms with E-state index in [9.17, 15) is 4.39 Å². The van der Waals surface area contributed by atoms with Crippen LogP contribution in [0.4, 0.5) is 4.39 Å². The average Bonchev–Trinajstić information content (AvgIpc) is 2.97. The summed E-state index contributed by atoms with van der Waals surface area (Å²) in [5.41, 5.74) is 1.69. The van der Waals surface area contributed by atoms with Crippen molar-refractivity contribution in [2.45, 2.75) is 32.4 Å². The summed E-state index contributed by atoms with van der Waals surface area (Å²) in [6, 6.07) is 4.41. The summed E-state index contributed by atoms with van der Waals surface area (Å²) >= 11 is 3.25. The summed E-state index contributed by atoms with van der Waals surface area (Å²) in [6.07, 6.45) is 2.46. The third kappa shape index (κ3) is 2.15. The number of hydrogen-bond donors (Lipinski definition) is 1. The molecule has 0 saturated heterocycles. The Morgan fingerprint density at radius 1 is 1.50 bits per heavy atom. The van der Waals surface area contributed by atoms with Gasteiger partial charge in [-0.1, -0.05) is 12.1 Å². The van der Waals surface area contributed by atoms with Crippen LogP contribution in [-0.2, 0) is 6.54 Å². The monoisotopic (exact) mass is 257 g/mol. The number of nitrogens with one attached hydrogen (secondary N) is 1. The van der Waals surface area contributed by atoms with Gasteiger partial charge >= 0.3 is 0 Å². The van der Waals surface area contributed by atoms with Crippen LogP contribution in [0.3, 0.4) is 0 Å². The number of aryl methyl sites for hydroxylation is 1. The van der Waals surface area contributed by atoms with Crippen molar-refractivity contribution in [1.29, 1.82) is 0 Å². The summed E-state index contributed by atoms with van der Waals surface area (Å²) in [7, 11) is 0. The van der Waals surface area contributed by atoms with Crippen LogP contribution < -0.4 is 5.32 Å². The third-order valence-corrected chi connectivity index (χ3v) is 3.49. The fourth-order valence-electron chi connectivity index (χ4n) is 1.36. The lowest BCUT2D eigenvalue weighted by molar-refractivity contribution is 0.580. The van der Waals surface area contributed by atoms with E-state index in [4.69, 9.17) is 0 Å². The summed E-state index contributed by atoms with van der Waals surface area (Å²) in [6.45, 7) is 2.53. The van der Waals surface area contributed by atoms with E-state index in [0.717, 1.165) is 11.1 Å². The van der Waals surface area contributed by atoms with Gasteiger partial charge in [0.15, 0.2) is 0 Å². The Kier molecular flexibility index (Phi) is 2.88. The summed E-state index contributed by atoms with van der Waals surface area (Å²) in [5.74, 6) is -0.127. The molecule has 76 valence electrons. The maximum Gasteiger partial charge on any atom is 0.142 e. The van der Waals surface area contributed by atoms with Gasteiger partial charge in [0.05, 0.1) is 4.47 Å². The summed E-state index contributed by atoms with van der Waals surface area (Å²) in [5, 5.41) is 3.30. The Hall–Kier alpha value is -0.410. The van der Waals surface area contributed by atoms with Gasteiger partial charge < -0.3 is 5.32 Å². The second-order valence-corrected chi connectivity index (χ2v) is 4.62. The van der Waals surface area contributed by atoms with E-state index in [1.165, 1.54) is 12.8 Å². The van der Waals surface area contributed by atoms with E-state index >= 15 is 0 Å². The minimum absolute atomic E-state index is 0.127. The molecule has 1 aromatic carbocycles. The molecule has 0 aliphatic heterocycles. The predicted octanol–water partition coefficient (Wildman–Crippen LogP) is 3.15. The average molecular weight is 258 g/mol. The number of hydrogen-bond acceptors (Lipinski definition) is 1. The molecule has 0 unspecified atom stereocenters. The van der Waals surface area contributed by atoms with E-state index in [0.29, 0.717) is 17.1 Å². The first-order valence-electron chi connectivity index (χ1n) is 4.85. The van der Waals surface area contributed by atoms with Crippen molar-refractivity contribution < 1.29 is 4.39 Å². The maximum atomic E-state index is 13.6. The molecule has 1 aliphatic carbocycles. The molecule has 0 spiro atoms. The van der Waals surface area contributed by atoms with Gasteiger partial charge in [0.2, 0.25) is 0 Å². The van der Waals surface area contributed by atoms with Crippen molar-refractivity contribution in [3.05, 3.63) is 33.5 Å². The Morgan fingerprint density at radius 3 is 2.86 bits per heavy atom. The molecule has 0 radical (unpaired) electrons. The van der Waals surface area contributed by atoms with E-state index in [1.54, 1.807) is 0 Å². The van der Waals surface area contributed by atoms with Gasteiger partial charge in [-0.2, -0.15) is 0 Å². The summed E-state index contributed by atoms with van der Waals surface area (Å²) in [4.78, 5) is 0. The molecule has 1 nitrogen and oxygen atoms in total. The summed E-state index contributed by atoms with van der Waals surface area (Å²) < 4.78 is 14.2. The minimum Gasteiger partial charge on any atom is -0.310 e. The lowest BCUT2D eigenvalue weighted by Gasteiger charge is -2.07. The van der Waals surface area contributed by atoms with Gasteiger partial charge in [0.1, 0.15) is 5.82 Å². The van der Waals surface area contributed by atoms with Crippen LogP contribution >= 0.6 is 15.9 Å². The van der Waals surface area contributed by atoms with E-state index < -0.39 is 0 Å². The molecule has 0 bridgehead atoms. The highest BCUT2D eigenvalue weighted by atomic mass is 79.9. The smallest absolute Gasteiger partial charge is 0.142 e. The van der Waals surface area contributed by atoms with Gasteiger partial charge in [-0.05, 0) is 41.3 Å². The SMILES string of the molecule is Cc1ccc(CNC2CC2)c(F)c1Br. The topological polar surface area (TPSA) is 12.0 Å². The quantitative estimate of drug-likeness (QED) is 0.878. The molecular formula is C11H13BrFN. The fraction of sp³-hybridized carbons (Fsp3) is 0.455. The van der Waals surface area contributed by atoms with E-state index in [1.807, 2.05) is 19.1 Å². The van der Waals surface area contributed by atoms with Crippen LogP contribution in [0.1, 0.15) is 24.0 Å². The van der Waals surface area contributed by atoms with Gasteiger partial charge in [-0.15, -0.1) is 0 Å². The van der Waals surface area contributed by atoms with Crippen LogP contribution in [0.5, 0.6) is 0 Å². The Bertz CT molecular complexity index is 347. The van der Waals surface area contributed by atoms with Crippen LogP contribution in [0.2, 0.25) is 0 Å². The number of benzene rings is 1. The molecule has 2 rings (SSSR count). The van der Waals surface area contributed by atoms with Crippen LogP contribution in [-0.4, -0.2) is 6.04 Å². The van der Waals surface area contributed by atoms with Gasteiger partial charge in [0, 0.05) is 18.2 Å². The first kappa shape index (κ1) is 10.1. The van der Waals surface area contributed by atoms with Crippen LogP contribution in [0.15, 0.2) is 16.6 Å². The Morgan fingerprint density at radius 2 is 2.21 bits per heavy atom. The molecule has 1 aliphatic rings. The van der Waals surface area contributed by atoms with Crippen LogP contribution in [0, 0.1) is 12.7 Å². The molecule has 0 atom stereocenters. The molecule has 14 heavy (non-hydrogen) atoms. The second kappa shape index (κ2) is 3.99. The zero-order chi connectivity index (χ0) is 10.1. The third-order valence-electron chi connectivity index (χ3n) is 2.51. The minimum atomic E-state index is -0.127. The molecule has 1 N–H and O–H groups in total. The van der Waals surface area contributed by atoms with Crippen LogP contribution in [0.25, 0.3) is 0 Å². The van der Waals surface area contributed by atoms with Crippen molar-refractivity contribution in [3.63, 3.8) is 0 Å². The lowest BCUT2D eigenvalue weighted by Crippen LogP contribution is -2.16. The molecular weight excluding hydrogens is 245 g/mol. The molecule has 1 saturated carbocycles. The van der Waals surface area contributed by atoms with Crippen molar-refractivity contribution in [2.24, 2.45) is 0 Å². The van der Waals surface area contributed by atoms with Crippen molar-refractivity contribution in [2.75, 3.05) is 0 Å². The maximum absolute atomic E-state index is 13.6. The van der Waals surface area contributed by atoms with Gasteiger partial charge in [-0.25, -0.2) is 4.39 Å². The Balaban J connectivity index is 2.11. The van der Waals surface area contributed by atoms with Gasteiger partial charge in [0.25, 0.3) is 0 Å². The molecule has 1 fully saturated rings. The number of rotatable bonds is 3. The van der Waals surface area contributed by atoms with E-state index in [2.05, 4.69) is 21.2 Å². The normalized spacial score (nSPS) is 15.9. The first-order chi connectivity index (χ1) is 6.68. The zero-order valence-corrected chi connectivity index (χ0v) is 9.70. The highest BCUT2D eigenvalue weighted by Crippen LogP contribution is 2.24. The molecule has 0 heterocycles. The van der Waals surface area contributed by atoms with Crippen molar-refractivity contribution >= 4 is 15.9 Å². The van der Waals surface area contributed by atoms with Crippen molar-refractivity contribution in [1.82, 2.24) is 5.32 Å². The van der Waals surface area contributed by atoms with Crippen molar-refractivity contribution in [3.8, 4) is 0 Å². The lowest BCUT2D eigenvalue weighted by atomic mass is 10.1. The highest BCUT2D eigenvalue weighted by Gasteiger charge is 2.20.